The zero-order chi connectivity index (χ0) is 5.82. The topological polar surface area (TPSA) is 29.7 Å². The third-order valence-corrected chi connectivity index (χ3v) is 0.928. The molecule has 0 fully saturated rings. The average Bonchev–Trinajstić information content (AvgIpc) is 1.90. The predicted molar refractivity (Wildman–Crippen MR) is 27.9 cm³/mol. The van der Waals surface area contributed by atoms with Gasteiger partial charge in [0.05, 0.1) is 6.54 Å². The van der Waals surface area contributed by atoms with Crippen LogP contribution in [0.3, 0.4) is 0 Å². The normalized spacial score (nSPS) is 9.12. The SMILES string of the molecule is CC[n+]1cncnc1. The Morgan fingerprint density at radius 2 is 2.00 bits per heavy atom. The summed E-state index contributed by atoms with van der Waals surface area (Å²) in [6.45, 7) is 2.98. The first kappa shape index (κ1) is 5.15. The molecule has 0 bridgehead atoms. The molecule has 3 nitrogen and oxygen atoms in total. The number of hydrogen-bond donors (Lipinski definition) is 0. The number of hydrogen-bond acceptors (Lipinski definition) is 2. The molecule has 0 aromatic carbocycles. The summed E-state index contributed by atoms with van der Waals surface area (Å²) < 4.78 is 1.90. The van der Waals surface area contributed by atoms with Gasteiger partial charge in [-0.1, -0.05) is 9.97 Å². The van der Waals surface area contributed by atoms with E-state index in [0.29, 0.717) is 0 Å². The molecule has 8 heavy (non-hydrogen) atoms. The monoisotopic (exact) mass is 110 g/mol. The van der Waals surface area contributed by atoms with E-state index < -0.39 is 0 Å². The van der Waals surface area contributed by atoms with Crippen LogP contribution in [0.25, 0.3) is 0 Å². The molecular weight excluding hydrogens is 102 g/mol. The molecule has 0 saturated heterocycles. The highest BCUT2D eigenvalue weighted by atomic mass is 15.1. The van der Waals surface area contributed by atoms with Crippen LogP contribution in [0.5, 0.6) is 0 Å². The van der Waals surface area contributed by atoms with Crippen molar-refractivity contribution in [3.8, 4) is 0 Å². The highest BCUT2D eigenvalue weighted by molar-refractivity contribution is 4.41. The summed E-state index contributed by atoms with van der Waals surface area (Å²) in [5.74, 6) is 0. The van der Waals surface area contributed by atoms with Gasteiger partial charge in [-0.25, -0.2) is 4.57 Å². The fourth-order valence-electron chi connectivity index (χ4n) is 0.462. The van der Waals surface area contributed by atoms with Crippen molar-refractivity contribution in [2.75, 3.05) is 0 Å². The number of aromatic nitrogens is 3. The lowest BCUT2D eigenvalue weighted by atomic mass is 10.7. The second-order valence-electron chi connectivity index (χ2n) is 1.47. The van der Waals surface area contributed by atoms with Crippen LogP contribution in [0.4, 0.5) is 0 Å². The van der Waals surface area contributed by atoms with Crippen molar-refractivity contribution >= 4 is 0 Å². The van der Waals surface area contributed by atoms with E-state index in [1.807, 2.05) is 11.5 Å². The summed E-state index contributed by atoms with van der Waals surface area (Å²) in [5, 5.41) is 0. The van der Waals surface area contributed by atoms with Crippen molar-refractivity contribution < 1.29 is 4.57 Å². The van der Waals surface area contributed by atoms with Crippen LogP contribution in [-0.2, 0) is 6.54 Å². The molecule has 1 aromatic rings. The Morgan fingerprint density at radius 1 is 1.38 bits per heavy atom. The molecule has 0 aliphatic heterocycles. The quantitative estimate of drug-likeness (QED) is 0.468. The van der Waals surface area contributed by atoms with Crippen LogP contribution in [0.15, 0.2) is 19.0 Å². The maximum atomic E-state index is 3.81. The summed E-state index contributed by atoms with van der Waals surface area (Å²) in [4.78, 5) is 7.61. The Kier molecular flexibility index (Phi) is 1.51. The Morgan fingerprint density at radius 3 is 2.38 bits per heavy atom. The first-order valence-electron chi connectivity index (χ1n) is 2.57. The lowest BCUT2D eigenvalue weighted by molar-refractivity contribution is -0.699. The molecule has 42 valence electrons. The van der Waals surface area contributed by atoms with Crippen LogP contribution < -0.4 is 4.57 Å². The third-order valence-electron chi connectivity index (χ3n) is 0.928. The van der Waals surface area contributed by atoms with Crippen molar-refractivity contribution in [1.29, 1.82) is 0 Å². The van der Waals surface area contributed by atoms with Crippen LogP contribution in [-0.4, -0.2) is 9.97 Å². The maximum Gasteiger partial charge on any atom is 0.263 e. The molecule has 0 N–H and O–H groups in total. The van der Waals surface area contributed by atoms with Crippen molar-refractivity contribution in [1.82, 2.24) is 9.97 Å². The summed E-state index contributed by atoms with van der Waals surface area (Å²) in [6, 6.07) is 0. The van der Waals surface area contributed by atoms with Crippen molar-refractivity contribution in [3.63, 3.8) is 0 Å². The summed E-state index contributed by atoms with van der Waals surface area (Å²) in [6.07, 6.45) is 5.01. The number of aryl methyl sites for hydroxylation is 1. The fraction of sp³-hybridized carbons (Fsp3) is 0.400. The van der Waals surface area contributed by atoms with Gasteiger partial charge < -0.3 is 0 Å². The zero-order valence-electron chi connectivity index (χ0n) is 4.78. The van der Waals surface area contributed by atoms with E-state index in [4.69, 9.17) is 0 Å². The first-order chi connectivity index (χ1) is 3.93. The molecule has 0 unspecified atom stereocenters. The standard InChI is InChI=1S/C5H8N3/c1-2-8-4-6-3-7-5-8/h3-5H,2H2,1H3/q+1. The molecule has 3 heteroatoms. The highest BCUT2D eigenvalue weighted by Gasteiger charge is 1.86. The minimum Gasteiger partial charge on any atom is -0.240 e. The van der Waals surface area contributed by atoms with Gasteiger partial charge in [0.2, 0.25) is 12.7 Å². The molecule has 0 aliphatic rings. The Hall–Kier alpha value is -0.990. The highest BCUT2D eigenvalue weighted by Crippen LogP contribution is 1.61. The van der Waals surface area contributed by atoms with E-state index in [2.05, 4.69) is 9.97 Å². The molecule has 0 amide bonds. The van der Waals surface area contributed by atoms with Crippen LogP contribution in [0.2, 0.25) is 0 Å². The molecule has 1 aromatic heterocycles. The Balaban J connectivity index is 2.83. The van der Waals surface area contributed by atoms with Gasteiger partial charge in [-0.05, 0) is 6.92 Å². The van der Waals surface area contributed by atoms with Crippen LogP contribution >= 0.6 is 0 Å². The van der Waals surface area contributed by atoms with Crippen molar-refractivity contribution in [2.24, 2.45) is 0 Å². The van der Waals surface area contributed by atoms with E-state index in [1.54, 1.807) is 12.7 Å². The van der Waals surface area contributed by atoms with E-state index >= 15 is 0 Å². The van der Waals surface area contributed by atoms with E-state index in [1.165, 1.54) is 6.33 Å². The first-order valence-corrected chi connectivity index (χ1v) is 2.57. The smallest absolute Gasteiger partial charge is 0.240 e. The summed E-state index contributed by atoms with van der Waals surface area (Å²) in [7, 11) is 0. The van der Waals surface area contributed by atoms with Crippen molar-refractivity contribution in [3.05, 3.63) is 19.0 Å². The second-order valence-corrected chi connectivity index (χ2v) is 1.47. The molecule has 1 heterocycles. The van der Waals surface area contributed by atoms with Crippen LogP contribution in [0.1, 0.15) is 6.92 Å². The molecule has 0 radical (unpaired) electrons. The molecule has 0 atom stereocenters. The Labute approximate surface area is 48.0 Å². The van der Waals surface area contributed by atoms with Gasteiger partial charge in [-0.3, -0.25) is 0 Å². The third kappa shape index (κ3) is 0.992. The molecular formula is C5H8N3+. The van der Waals surface area contributed by atoms with E-state index in [-0.39, 0.29) is 0 Å². The second kappa shape index (κ2) is 2.35. The van der Waals surface area contributed by atoms with E-state index in [9.17, 15) is 0 Å². The minimum atomic E-state index is 0.931. The van der Waals surface area contributed by atoms with Gasteiger partial charge in [0, 0.05) is 0 Å². The van der Waals surface area contributed by atoms with E-state index in [0.717, 1.165) is 6.54 Å². The molecule has 1 rings (SSSR count). The summed E-state index contributed by atoms with van der Waals surface area (Å²) in [5.41, 5.74) is 0. The van der Waals surface area contributed by atoms with Gasteiger partial charge in [0.25, 0.3) is 6.33 Å². The number of nitrogens with zero attached hydrogens (tertiary/aromatic N) is 3. The van der Waals surface area contributed by atoms with Gasteiger partial charge >= 0.3 is 0 Å². The van der Waals surface area contributed by atoms with Gasteiger partial charge in [0.1, 0.15) is 0 Å². The van der Waals surface area contributed by atoms with Gasteiger partial charge in [0.15, 0.2) is 0 Å². The lowest BCUT2D eigenvalue weighted by Gasteiger charge is -1.85. The largest absolute Gasteiger partial charge is 0.263 e. The fourth-order valence-corrected chi connectivity index (χ4v) is 0.462. The van der Waals surface area contributed by atoms with Gasteiger partial charge in [-0.2, -0.15) is 0 Å². The molecule has 0 spiro atoms. The molecule has 0 saturated carbocycles. The summed E-state index contributed by atoms with van der Waals surface area (Å²) >= 11 is 0. The molecule has 0 aliphatic carbocycles. The lowest BCUT2D eigenvalue weighted by Crippen LogP contribution is -2.32. The maximum absolute atomic E-state index is 3.81. The van der Waals surface area contributed by atoms with Gasteiger partial charge in [-0.15, -0.1) is 0 Å². The number of rotatable bonds is 1. The zero-order valence-corrected chi connectivity index (χ0v) is 4.78. The van der Waals surface area contributed by atoms with Crippen LogP contribution in [0, 0.1) is 0 Å². The average molecular weight is 110 g/mol. The minimum absolute atomic E-state index is 0.931. The van der Waals surface area contributed by atoms with Crippen molar-refractivity contribution in [2.45, 2.75) is 13.5 Å². The Bertz CT molecular complexity index is 149. The predicted octanol–water partition coefficient (Wildman–Crippen LogP) is -0.216.